The second kappa shape index (κ2) is 10.9. The van der Waals surface area contributed by atoms with E-state index in [0.717, 1.165) is 47.5 Å². The van der Waals surface area contributed by atoms with Crippen LogP contribution in [0.25, 0.3) is 6.08 Å². The highest BCUT2D eigenvalue weighted by Crippen LogP contribution is 2.26. The number of esters is 1. The lowest BCUT2D eigenvalue weighted by atomic mass is 9.91. The van der Waals surface area contributed by atoms with Crippen LogP contribution in [0.1, 0.15) is 64.5 Å². The van der Waals surface area contributed by atoms with E-state index in [-0.39, 0.29) is 25.1 Å². The van der Waals surface area contributed by atoms with Crippen molar-refractivity contribution in [3.8, 4) is 11.8 Å². The standard InChI is InChI=1S/C24H34O4/c1-17(2)20(11-9-8-10-12-25)15-22-19(4)14-21(28-22)13-18(3)16-27-23(26)24(5,6)7/h13-14,20,25H,1,9,11-12,15-16H2,2-7H3/b18-13-/t20-/m0/s1. The zero-order chi connectivity index (χ0) is 21.3. The van der Waals surface area contributed by atoms with Crippen molar-refractivity contribution in [2.24, 2.45) is 11.3 Å². The number of furan rings is 1. The van der Waals surface area contributed by atoms with E-state index in [9.17, 15) is 4.79 Å². The van der Waals surface area contributed by atoms with Crippen molar-refractivity contribution in [3.63, 3.8) is 0 Å². The van der Waals surface area contributed by atoms with Gasteiger partial charge in [0.25, 0.3) is 0 Å². The Morgan fingerprint density at radius 1 is 1.36 bits per heavy atom. The molecule has 0 amide bonds. The number of ether oxygens (including phenoxy) is 1. The molecule has 0 saturated heterocycles. The minimum atomic E-state index is -0.506. The molecule has 1 atom stereocenters. The van der Waals surface area contributed by atoms with Crippen molar-refractivity contribution in [2.75, 3.05) is 13.2 Å². The largest absolute Gasteiger partial charge is 0.461 e. The number of hydrogen-bond acceptors (Lipinski definition) is 4. The smallest absolute Gasteiger partial charge is 0.311 e. The fourth-order valence-corrected chi connectivity index (χ4v) is 2.64. The first-order chi connectivity index (χ1) is 13.0. The van der Waals surface area contributed by atoms with Crippen molar-refractivity contribution < 1.29 is 19.1 Å². The number of hydrogen-bond donors (Lipinski definition) is 1. The third-order valence-electron chi connectivity index (χ3n) is 4.42. The number of rotatable bonds is 8. The maximum absolute atomic E-state index is 11.9. The molecule has 1 rings (SSSR count). The van der Waals surface area contributed by atoms with Crippen molar-refractivity contribution in [1.82, 2.24) is 0 Å². The van der Waals surface area contributed by atoms with Gasteiger partial charge < -0.3 is 14.3 Å². The molecule has 1 heterocycles. The van der Waals surface area contributed by atoms with Crippen molar-refractivity contribution >= 4 is 12.0 Å². The van der Waals surface area contributed by atoms with E-state index < -0.39 is 5.41 Å². The quantitative estimate of drug-likeness (QED) is 0.384. The van der Waals surface area contributed by atoms with Gasteiger partial charge in [0.15, 0.2) is 0 Å². The number of carbonyl (C=O) groups is 1. The number of allylic oxidation sites excluding steroid dienone is 1. The molecule has 0 radical (unpaired) electrons. The number of aliphatic hydroxyl groups is 1. The lowest BCUT2D eigenvalue weighted by Crippen LogP contribution is -2.23. The molecule has 0 spiro atoms. The van der Waals surface area contributed by atoms with Gasteiger partial charge in [-0.2, -0.15) is 0 Å². The summed E-state index contributed by atoms with van der Waals surface area (Å²) in [6, 6.07) is 2.01. The third kappa shape index (κ3) is 8.19. The average molecular weight is 387 g/mol. The van der Waals surface area contributed by atoms with E-state index in [1.807, 2.05) is 53.7 Å². The monoisotopic (exact) mass is 386 g/mol. The molecule has 0 unspecified atom stereocenters. The van der Waals surface area contributed by atoms with Crippen LogP contribution in [-0.2, 0) is 16.0 Å². The van der Waals surface area contributed by atoms with Crippen LogP contribution in [0.15, 0.2) is 28.2 Å². The fraction of sp³-hybridized carbons (Fsp3) is 0.542. The van der Waals surface area contributed by atoms with Gasteiger partial charge in [0.2, 0.25) is 0 Å². The molecule has 0 aliphatic rings. The molecular formula is C24H34O4. The van der Waals surface area contributed by atoms with Crippen molar-refractivity contribution in [2.45, 2.75) is 60.8 Å². The van der Waals surface area contributed by atoms with Crippen molar-refractivity contribution in [1.29, 1.82) is 0 Å². The van der Waals surface area contributed by atoms with E-state index in [2.05, 4.69) is 18.4 Å². The maximum Gasteiger partial charge on any atom is 0.311 e. The summed E-state index contributed by atoms with van der Waals surface area (Å²) >= 11 is 0. The van der Waals surface area contributed by atoms with Crippen LogP contribution in [0.2, 0.25) is 0 Å². The predicted octanol–water partition coefficient (Wildman–Crippen LogP) is 5.09. The van der Waals surface area contributed by atoms with E-state index in [1.165, 1.54) is 0 Å². The molecule has 0 aliphatic carbocycles. The average Bonchev–Trinajstić information content (AvgIpc) is 2.93. The highest BCUT2D eigenvalue weighted by molar-refractivity contribution is 5.75. The Hall–Kier alpha value is -2.25. The van der Waals surface area contributed by atoms with Crippen LogP contribution in [0.3, 0.4) is 0 Å². The Balaban J connectivity index is 2.77. The van der Waals surface area contributed by atoms with E-state index in [0.29, 0.717) is 0 Å². The van der Waals surface area contributed by atoms with Crippen LogP contribution < -0.4 is 0 Å². The lowest BCUT2D eigenvalue weighted by molar-refractivity contribution is -0.151. The van der Waals surface area contributed by atoms with Crippen molar-refractivity contribution in [3.05, 3.63) is 40.9 Å². The minimum absolute atomic E-state index is 0.102. The first-order valence-corrected chi connectivity index (χ1v) is 9.70. The number of aryl methyl sites for hydroxylation is 1. The molecule has 1 aromatic heterocycles. The van der Waals surface area contributed by atoms with Gasteiger partial charge in [0.1, 0.15) is 24.7 Å². The molecule has 0 bridgehead atoms. The highest BCUT2D eigenvalue weighted by atomic mass is 16.5. The molecule has 4 heteroatoms. The Bertz CT molecular complexity index is 763. The molecule has 0 fully saturated rings. The second-order valence-corrected chi connectivity index (χ2v) is 8.37. The molecule has 0 saturated carbocycles. The van der Waals surface area contributed by atoms with Gasteiger partial charge in [-0.1, -0.05) is 18.1 Å². The molecule has 0 aromatic carbocycles. The van der Waals surface area contributed by atoms with Gasteiger partial charge in [-0.05, 0) is 77.2 Å². The summed E-state index contributed by atoms with van der Waals surface area (Å²) in [5, 5.41) is 8.76. The molecule has 28 heavy (non-hydrogen) atoms. The van der Waals surface area contributed by atoms with E-state index in [4.69, 9.17) is 14.3 Å². The van der Waals surface area contributed by atoms with Gasteiger partial charge in [-0.15, -0.1) is 5.92 Å². The minimum Gasteiger partial charge on any atom is -0.461 e. The predicted molar refractivity (Wildman–Crippen MR) is 114 cm³/mol. The van der Waals surface area contributed by atoms with Gasteiger partial charge in [-0.25, -0.2) is 0 Å². The molecule has 4 nitrogen and oxygen atoms in total. The lowest BCUT2D eigenvalue weighted by Gasteiger charge is -2.16. The van der Waals surface area contributed by atoms with Gasteiger partial charge >= 0.3 is 5.97 Å². The topological polar surface area (TPSA) is 59.7 Å². The van der Waals surface area contributed by atoms with Gasteiger partial charge in [-0.3, -0.25) is 4.79 Å². The summed E-state index contributed by atoms with van der Waals surface area (Å²) in [5.74, 6) is 7.41. The van der Waals surface area contributed by atoms with Crippen LogP contribution in [0.5, 0.6) is 0 Å². The second-order valence-electron chi connectivity index (χ2n) is 8.37. The summed E-state index contributed by atoms with van der Waals surface area (Å²) in [7, 11) is 0. The normalized spacial score (nSPS) is 12.9. The van der Waals surface area contributed by atoms with Crippen LogP contribution in [0.4, 0.5) is 0 Å². The Labute approximate surface area is 169 Å². The number of carbonyl (C=O) groups excluding carboxylic acids is 1. The zero-order valence-corrected chi connectivity index (χ0v) is 18.1. The highest BCUT2D eigenvalue weighted by Gasteiger charge is 2.23. The van der Waals surface area contributed by atoms with E-state index >= 15 is 0 Å². The summed E-state index contributed by atoms with van der Waals surface area (Å²) in [6.45, 7) is 15.7. The molecule has 1 N–H and O–H groups in total. The maximum atomic E-state index is 11.9. The zero-order valence-electron chi connectivity index (χ0n) is 18.1. The van der Waals surface area contributed by atoms with Gasteiger partial charge in [0.05, 0.1) is 5.41 Å². The fourth-order valence-electron chi connectivity index (χ4n) is 2.64. The first-order valence-electron chi connectivity index (χ1n) is 9.70. The molecule has 154 valence electrons. The summed E-state index contributed by atoms with van der Waals surface area (Å²) in [5.41, 5.74) is 2.62. The summed E-state index contributed by atoms with van der Waals surface area (Å²) < 4.78 is 11.4. The SMILES string of the molecule is C=C(C)[C@@H](CCC#CCO)Cc1oc(/C=C(/C)COC(=O)C(C)(C)C)cc1C. The van der Waals surface area contributed by atoms with Crippen LogP contribution in [-0.4, -0.2) is 24.3 Å². The molecular weight excluding hydrogens is 352 g/mol. The van der Waals surface area contributed by atoms with E-state index in [1.54, 1.807) is 0 Å². The van der Waals surface area contributed by atoms with Crippen LogP contribution >= 0.6 is 0 Å². The van der Waals surface area contributed by atoms with Gasteiger partial charge in [0, 0.05) is 12.8 Å². The molecule has 0 aliphatic heterocycles. The molecule has 1 aromatic rings. The Kier molecular flexibility index (Phi) is 9.28. The third-order valence-corrected chi connectivity index (χ3v) is 4.42. The summed E-state index contributed by atoms with van der Waals surface area (Å²) in [6.07, 6.45) is 4.29. The number of aliphatic hydroxyl groups excluding tert-OH is 1. The Morgan fingerprint density at radius 2 is 2.04 bits per heavy atom. The Morgan fingerprint density at radius 3 is 2.61 bits per heavy atom. The first kappa shape index (κ1) is 23.8. The van der Waals surface area contributed by atoms with Crippen LogP contribution in [0, 0.1) is 30.1 Å². The summed E-state index contributed by atoms with van der Waals surface area (Å²) in [4.78, 5) is 11.9.